The topological polar surface area (TPSA) is 102 Å². The molecule has 0 saturated heterocycles. The fourth-order valence-electron chi connectivity index (χ4n) is 2.86. The van der Waals surface area contributed by atoms with Crippen LogP contribution in [0.1, 0.15) is 42.7 Å². The maximum Gasteiger partial charge on any atom is 0.289 e. The smallest absolute Gasteiger partial charge is 0.289 e. The van der Waals surface area contributed by atoms with Crippen molar-refractivity contribution in [3.8, 4) is 17.3 Å². The van der Waals surface area contributed by atoms with Crippen molar-refractivity contribution in [2.24, 2.45) is 7.05 Å². The summed E-state index contributed by atoms with van der Waals surface area (Å²) in [6, 6.07) is 1.92. The number of hydrogen-bond acceptors (Lipinski definition) is 6. The normalized spacial score (nSPS) is 14.4. The number of aryl methyl sites for hydroxylation is 1. The zero-order valence-electron chi connectivity index (χ0n) is 14.9. The molecule has 25 heavy (non-hydrogen) atoms. The molecule has 0 aliphatic heterocycles. The van der Waals surface area contributed by atoms with Gasteiger partial charge in [-0.15, -0.1) is 0 Å². The standard InChI is InChI=1S/C16H21N5O2.CH4O/c1-21-10-17-9-13(21)12-8-14(23-2)20-15(19-12)16(22)18-11-6-4-3-5-7-11;1-2/h8-11H,3-7H2,1-2H3,(H,18,22);2H,1H3. The first-order chi connectivity index (χ1) is 12.2. The van der Waals surface area contributed by atoms with E-state index in [4.69, 9.17) is 9.84 Å². The largest absolute Gasteiger partial charge is 0.481 e. The van der Waals surface area contributed by atoms with E-state index in [1.165, 1.54) is 13.5 Å². The number of carbonyl (C=O) groups is 1. The van der Waals surface area contributed by atoms with Gasteiger partial charge in [-0.2, -0.15) is 4.98 Å². The zero-order valence-corrected chi connectivity index (χ0v) is 14.9. The predicted molar refractivity (Wildman–Crippen MR) is 93.3 cm³/mol. The van der Waals surface area contributed by atoms with Crippen LogP contribution in [0.25, 0.3) is 11.4 Å². The van der Waals surface area contributed by atoms with E-state index in [0.29, 0.717) is 11.6 Å². The van der Waals surface area contributed by atoms with Gasteiger partial charge in [-0.3, -0.25) is 4.79 Å². The predicted octanol–water partition coefficient (Wildman–Crippen LogP) is 1.56. The average molecular weight is 347 g/mol. The van der Waals surface area contributed by atoms with E-state index in [1.807, 2.05) is 11.6 Å². The van der Waals surface area contributed by atoms with Gasteiger partial charge in [-0.05, 0) is 12.8 Å². The number of nitrogens with zero attached hydrogens (tertiary/aromatic N) is 4. The quantitative estimate of drug-likeness (QED) is 0.870. The Morgan fingerprint density at radius 3 is 2.60 bits per heavy atom. The molecule has 2 heterocycles. The highest BCUT2D eigenvalue weighted by molar-refractivity contribution is 5.91. The number of hydrogen-bond donors (Lipinski definition) is 2. The molecule has 136 valence electrons. The van der Waals surface area contributed by atoms with E-state index < -0.39 is 0 Å². The van der Waals surface area contributed by atoms with Crippen LogP contribution < -0.4 is 10.1 Å². The molecule has 1 aliphatic rings. The van der Waals surface area contributed by atoms with Crippen LogP contribution >= 0.6 is 0 Å². The van der Waals surface area contributed by atoms with Crippen molar-refractivity contribution in [1.82, 2.24) is 24.8 Å². The lowest BCUT2D eigenvalue weighted by atomic mass is 9.95. The van der Waals surface area contributed by atoms with Crippen molar-refractivity contribution in [2.75, 3.05) is 14.2 Å². The first-order valence-electron chi connectivity index (χ1n) is 8.32. The Labute approximate surface area is 147 Å². The summed E-state index contributed by atoms with van der Waals surface area (Å²) in [4.78, 5) is 25.1. The van der Waals surface area contributed by atoms with Crippen molar-refractivity contribution in [3.05, 3.63) is 24.4 Å². The molecule has 8 nitrogen and oxygen atoms in total. The van der Waals surface area contributed by atoms with E-state index >= 15 is 0 Å². The highest BCUT2D eigenvalue weighted by Crippen LogP contribution is 2.21. The monoisotopic (exact) mass is 347 g/mol. The van der Waals surface area contributed by atoms with Crippen LogP contribution in [-0.4, -0.2) is 50.8 Å². The van der Waals surface area contributed by atoms with Crippen LogP contribution in [0.2, 0.25) is 0 Å². The number of carbonyl (C=O) groups excluding carboxylic acids is 1. The lowest BCUT2D eigenvalue weighted by molar-refractivity contribution is 0.0916. The Balaban J connectivity index is 0.00000109. The maximum atomic E-state index is 12.5. The van der Waals surface area contributed by atoms with E-state index in [-0.39, 0.29) is 17.8 Å². The fourth-order valence-corrected chi connectivity index (χ4v) is 2.86. The highest BCUT2D eigenvalue weighted by Gasteiger charge is 2.20. The summed E-state index contributed by atoms with van der Waals surface area (Å²) in [5, 5.41) is 10.0. The van der Waals surface area contributed by atoms with Gasteiger partial charge in [0.15, 0.2) is 0 Å². The SMILES string of the molecule is CO.COc1cc(-c2cncn2C)nc(C(=O)NC2CCCCC2)n1. The first-order valence-corrected chi connectivity index (χ1v) is 8.32. The Morgan fingerprint density at radius 2 is 2.00 bits per heavy atom. The summed E-state index contributed by atoms with van der Waals surface area (Å²) in [5.41, 5.74) is 1.42. The van der Waals surface area contributed by atoms with E-state index in [9.17, 15) is 4.79 Å². The minimum Gasteiger partial charge on any atom is -0.481 e. The molecule has 1 saturated carbocycles. The number of ether oxygens (including phenoxy) is 1. The second-order valence-electron chi connectivity index (χ2n) is 5.82. The van der Waals surface area contributed by atoms with Crippen LogP contribution in [-0.2, 0) is 7.05 Å². The Morgan fingerprint density at radius 1 is 1.28 bits per heavy atom. The molecule has 1 fully saturated rings. The molecule has 0 radical (unpaired) electrons. The Bertz CT molecular complexity index is 695. The summed E-state index contributed by atoms with van der Waals surface area (Å²) >= 11 is 0. The minimum absolute atomic E-state index is 0.131. The van der Waals surface area contributed by atoms with Gasteiger partial charge < -0.3 is 19.7 Å². The summed E-state index contributed by atoms with van der Waals surface area (Å²) in [6.07, 6.45) is 8.98. The molecular formula is C17H25N5O3. The maximum absolute atomic E-state index is 12.5. The van der Waals surface area contributed by atoms with E-state index in [1.54, 1.807) is 18.6 Å². The van der Waals surface area contributed by atoms with Crippen LogP contribution in [0.3, 0.4) is 0 Å². The van der Waals surface area contributed by atoms with Crippen LogP contribution in [0.5, 0.6) is 5.88 Å². The van der Waals surface area contributed by atoms with Gasteiger partial charge in [0.05, 0.1) is 31.0 Å². The molecule has 0 aromatic carbocycles. The number of aliphatic hydroxyl groups is 1. The molecule has 3 rings (SSSR count). The summed E-state index contributed by atoms with van der Waals surface area (Å²) in [6.45, 7) is 0. The van der Waals surface area contributed by atoms with Gasteiger partial charge in [-0.25, -0.2) is 9.97 Å². The number of aromatic nitrogens is 4. The minimum atomic E-state index is -0.251. The zero-order chi connectivity index (χ0) is 18.2. The molecule has 2 aromatic rings. The Hall–Kier alpha value is -2.48. The lowest BCUT2D eigenvalue weighted by Crippen LogP contribution is -2.37. The average Bonchev–Trinajstić information content (AvgIpc) is 3.09. The number of aliphatic hydroxyl groups excluding tert-OH is 1. The van der Waals surface area contributed by atoms with Gasteiger partial charge in [0.2, 0.25) is 11.7 Å². The summed E-state index contributed by atoms with van der Waals surface area (Å²) < 4.78 is 7.05. The van der Waals surface area contributed by atoms with Crippen molar-refractivity contribution in [1.29, 1.82) is 0 Å². The Kier molecular flexibility index (Phi) is 6.88. The van der Waals surface area contributed by atoms with Gasteiger partial charge in [0.1, 0.15) is 0 Å². The van der Waals surface area contributed by atoms with E-state index in [2.05, 4.69) is 20.3 Å². The molecule has 0 atom stereocenters. The van der Waals surface area contributed by atoms with Crippen LogP contribution in [0.4, 0.5) is 0 Å². The van der Waals surface area contributed by atoms with Crippen LogP contribution in [0, 0.1) is 0 Å². The summed E-state index contributed by atoms with van der Waals surface area (Å²) in [5.74, 6) is 0.246. The molecule has 1 amide bonds. The third kappa shape index (κ3) is 4.76. The fraction of sp³-hybridized carbons (Fsp3) is 0.529. The van der Waals surface area contributed by atoms with Gasteiger partial charge >= 0.3 is 0 Å². The highest BCUT2D eigenvalue weighted by atomic mass is 16.5. The molecule has 8 heteroatoms. The number of amides is 1. The molecule has 0 spiro atoms. The molecular weight excluding hydrogens is 322 g/mol. The third-order valence-electron chi connectivity index (χ3n) is 4.13. The molecule has 1 aliphatic carbocycles. The molecule has 0 bridgehead atoms. The molecule has 2 N–H and O–H groups in total. The third-order valence-corrected chi connectivity index (χ3v) is 4.13. The van der Waals surface area contributed by atoms with Gasteiger partial charge in [-0.1, -0.05) is 19.3 Å². The number of nitrogens with one attached hydrogen (secondary N) is 1. The first kappa shape index (κ1) is 18.9. The number of methoxy groups -OCH3 is 1. The molecule has 0 unspecified atom stereocenters. The summed E-state index contributed by atoms with van der Waals surface area (Å²) in [7, 11) is 4.40. The van der Waals surface area contributed by atoms with Crippen molar-refractivity contribution in [3.63, 3.8) is 0 Å². The van der Waals surface area contributed by atoms with E-state index in [0.717, 1.165) is 38.5 Å². The van der Waals surface area contributed by atoms with Crippen molar-refractivity contribution < 1.29 is 14.6 Å². The second kappa shape index (κ2) is 9.12. The van der Waals surface area contributed by atoms with Gasteiger partial charge in [0.25, 0.3) is 5.91 Å². The van der Waals surface area contributed by atoms with Crippen molar-refractivity contribution >= 4 is 5.91 Å². The number of rotatable bonds is 4. The molecule has 2 aromatic heterocycles. The van der Waals surface area contributed by atoms with Crippen molar-refractivity contribution in [2.45, 2.75) is 38.1 Å². The lowest BCUT2D eigenvalue weighted by Gasteiger charge is -2.22. The number of imidazole rings is 1. The second-order valence-corrected chi connectivity index (χ2v) is 5.82. The van der Waals surface area contributed by atoms with Crippen LogP contribution in [0.15, 0.2) is 18.6 Å². The van der Waals surface area contributed by atoms with Gasteiger partial charge in [0, 0.05) is 26.3 Å².